The monoisotopic (exact) mass is 442 g/mol. The molecule has 4 aromatic heterocycles. The predicted molar refractivity (Wildman–Crippen MR) is 133 cm³/mol. The Morgan fingerprint density at radius 3 is 1.41 bits per heavy atom. The van der Waals surface area contributed by atoms with Crippen LogP contribution in [0.25, 0.3) is 33.5 Å². The van der Waals surface area contributed by atoms with Crippen molar-refractivity contribution >= 4 is 10.8 Å². The fraction of sp³-hybridized carbons (Fsp3) is 0.0714. The lowest BCUT2D eigenvalue weighted by atomic mass is 10.00. The van der Waals surface area contributed by atoms with Crippen molar-refractivity contribution < 1.29 is 0 Å². The molecule has 4 heterocycles. The Bertz CT molecular complexity index is 1430. The van der Waals surface area contributed by atoms with Crippen LogP contribution in [0, 0.1) is 0 Å². The van der Waals surface area contributed by atoms with Crippen molar-refractivity contribution in [2.75, 3.05) is 0 Å². The summed E-state index contributed by atoms with van der Waals surface area (Å²) in [5, 5.41) is 11.9. The highest BCUT2D eigenvalue weighted by Crippen LogP contribution is 2.25. The molecule has 0 saturated heterocycles. The van der Waals surface area contributed by atoms with Crippen LogP contribution in [0.4, 0.5) is 0 Å². The molecule has 0 bridgehead atoms. The van der Waals surface area contributed by atoms with E-state index in [1.165, 1.54) is 21.9 Å². The second-order valence-electron chi connectivity index (χ2n) is 8.16. The number of pyridine rings is 2. The average molecular weight is 443 g/mol. The standard InChI is InChI=1S/C28H22N6/c1-3-15-29-25(11-1)27-13-17-33(31-27)19-21-7-5-10-24-22(8-6-9-23(21)24)20-34-18-14-28(32-34)26-12-2-4-16-30-26/h1-18H,19-20H2. The van der Waals surface area contributed by atoms with E-state index in [1.807, 2.05) is 70.3 Å². The van der Waals surface area contributed by atoms with E-state index in [9.17, 15) is 0 Å². The molecule has 6 nitrogen and oxygen atoms in total. The largest absolute Gasteiger partial charge is 0.268 e. The van der Waals surface area contributed by atoms with Crippen molar-refractivity contribution in [2.45, 2.75) is 13.1 Å². The highest BCUT2D eigenvalue weighted by Gasteiger charge is 2.10. The summed E-state index contributed by atoms with van der Waals surface area (Å²) < 4.78 is 3.94. The Labute approximate surface area is 197 Å². The van der Waals surface area contributed by atoms with Gasteiger partial charge in [-0.25, -0.2) is 0 Å². The van der Waals surface area contributed by atoms with Gasteiger partial charge in [-0.3, -0.25) is 19.3 Å². The number of fused-ring (bicyclic) bond motifs is 1. The molecule has 6 rings (SSSR count). The van der Waals surface area contributed by atoms with Gasteiger partial charge >= 0.3 is 0 Å². The SMILES string of the molecule is c1ccc(-c2ccn(Cc3cccc4c(Cn5ccc(-c6ccccn6)n5)cccc34)n2)nc1. The van der Waals surface area contributed by atoms with Crippen LogP contribution in [0.3, 0.4) is 0 Å². The van der Waals surface area contributed by atoms with Crippen molar-refractivity contribution in [1.82, 2.24) is 29.5 Å². The zero-order valence-corrected chi connectivity index (χ0v) is 18.5. The first-order valence-corrected chi connectivity index (χ1v) is 11.2. The zero-order chi connectivity index (χ0) is 22.7. The van der Waals surface area contributed by atoms with Gasteiger partial charge in [-0.05, 0) is 58.3 Å². The summed E-state index contributed by atoms with van der Waals surface area (Å²) in [5.41, 5.74) is 5.97. The molecule has 2 aromatic carbocycles. The van der Waals surface area contributed by atoms with E-state index in [4.69, 9.17) is 10.2 Å². The second kappa shape index (κ2) is 8.75. The number of benzene rings is 2. The maximum Gasteiger partial charge on any atom is 0.111 e. The van der Waals surface area contributed by atoms with Crippen molar-refractivity contribution in [3.05, 3.63) is 121 Å². The molecular formula is C28H22N6. The van der Waals surface area contributed by atoms with Gasteiger partial charge in [0.2, 0.25) is 0 Å². The quantitative estimate of drug-likeness (QED) is 0.344. The number of aromatic nitrogens is 6. The van der Waals surface area contributed by atoms with Gasteiger partial charge in [0.15, 0.2) is 0 Å². The fourth-order valence-electron chi connectivity index (χ4n) is 4.27. The van der Waals surface area contributed by atoms with E-state index < -0.39 is 0 Å². The van der Waals surface area contributed by atoms with Gasteiger partial charge in [0.05, 0.1) is 24.5 Å². The molecule has 0 aliphatic carbocycles. The fourth-order valence-corrected chi connectivity index (χ4v) is 4.27. The minimum absolute atomic E-state index is 0.694. The van der Waals surface area contributed by atoms with Crippen LogP contribution in [0.2, 0.25) is 0 Å². The molecule has 0 N–H and O–H groups in total. The molecule has 0 unspecified atom stereocenters. The summed E-state index contributed by atoms with van der Waals surface area (Å²) >= 11 is 0. The van der Waals surface area contributed by atoms with Crippen LogP contribution in [0.15, 0.2) is 110 Å². The Kier molecular flexibility index (Phi) is 5.16. The van der Waals surface area contributed by atoms with Gasteiger partial charge in [0, 0.05) is 24.8 Å². The molecular weight excluding hydrogens is 420 g/mol. The van der Waals surface area contributed by atoms with Crippen LogP contribution in [-0.2, 0) is 13.1 Å². The molecule has 0 amide bonds. The molecule has 0 spiro atoms. The van der Waals surface area contributed by atoms with E-state index in [0.29, 0.717) is 13.1 Å². The third kappa shape index (κ3) is 3.97. The van der Waals surface area contributed by atoms with Crippen molar-refractivity contribution in [3.63, 3.8) is 0 Å². The first-order valence-electron chi connectivity index (χ1n) is 11.2. The summed E-state index contributed by atoms with van der Waals surface area (Å²) in [6.07, 6.45) is 7.60. The molecule has 0 fully saturated rings. The average Bonchev–Trinajstić information content (AvgIpc) is 3.56. The minimum atomic E-state index is 0.694. The first kappa shape index (κ1) is 20.1. The lowest BCUT2D eigenvalue weighted by molar-refractivity contribution is 0.689. The van der Waals surface area contributed by atoms with E-state index in [1.54, 1.807) is 12.4 Å². The highest BCUT2D eigenvalue weighted by molar-refractivity contribution is 5.88. The summed E-state index contributed by atoms with van der Waals surface area (Å²) in [6, 6.07) is 28.7. The van der Waals surface area contributed by atoms with E-state index in [2.05, 4.69) is 46.4 Å². The Hall–Kier alpha value is -4.58. The second-order valence-corrected chi connectivity index (χ2v) is 8.16. The lowest BCUT2D eigenvalue weighted by Gasteiger charge is -2.11. The smallest absolute Gasteiger partial charge is 0.111 e. The predicted octanol–water partition coefficient (Wildman–Crippen LogP) is 5.45. The Morgan fingerprint density at radius 1 is 0.471 bits per heavy atom. The van der Waals surface area contributed by atoms with E-state index >= 15 is 0 Å². The number of rotatable bonds is 6. The molecule has 0 aliphatic rings. The van der Waals surface area contributed by atoms with Gasteiger partial charge in [0.1, 0.15) is 11.4 Å². The molecule has 34 heavy (non-hydrogen) atoms. The van der Waals surface area contributed by atoms with Crippen molar-refractivity contribution in [2.24, 2.45) is 0 Å². The molecule has 0 radical (unpaired) electrons. The molecule has 0 atom stereocenters. The highest BCUT2D eigenvalue weighted by atomic mass is 15.3. The molecule has 0 aliphatic heterocycles. The maximum atomic E-state index is 4.74. The molecule has 0 saturated carbocycles. The summed E-state index contributed by atoms with van der Waals surface area (Å²) in [7, 11) is 0. The first-order chi connectivity index (χ1) is 16.8. The molecule has 6 heteroatoms. The van der Waals surface area contributed by atoms with Crippen molar-refractivity contribution in [1.29, 1.82) is 0 Å². The van der Waals surface area contributed by atoms with Crippen LogP contribution in [0.1, 0.15) is 11.1 Å². The van der Waals surface area contributed by atoms with Gasteiger partial charge in [-0.15, -0.1) is 0 Å². The van der Waals surface area contributed by atoms with Crippen LogP contribution < -0.4 is 0 Å². The normalized spacial score (nSPS) is 11.2. The Balaban J connectivity index is 1.28. The number of nitrogens with zero attached hydrogens (tertiary/aromatic N) is 6. The topological polar surface area (TPSA) is 61.4 Å². The Morgan fingerprint density at radius 2 is 0.971 bits per heavy atom. The zero-order valence-electron chi connectivity index (χ0n) is 18.5. The summed E-state index contributed by atoms with van der Waals surface area (Å²) in [6.45, 7) is 1.39. The lowest BCUT2D eigenvalue weighted by Crippen LogP contribution is -2.04. The maximum absolute atomic E-state index is 4.74. The van der Waals surface area contributed by atoms with E-state index in [0.717, 1.165) is 22.8 Å². The summed E-state index contributed by atoms with van der Waals surface area (Å²) in [5.74, 6) is 0. The van der Waals surface area contributed by atoms with E-state index in [-0.39, 0.29) is 0 Å². The molecule has 164 valence electrons. The van der Waals surface area contributed by atoms with Crippen LogP contribution in [-0.4, -0.2) is 29.5 Å². The minimum Gasteiger partial charge on any atom is -0.268 e. The number of hydrogen-bond donors (Lipinski definition) is 0. The van der Waals surface area contributed by atoms with Gasteiger partial charge < -0.3 is 0 Å². The van der Waals surface area contributed by atoms with Gasteiger partial charge in [-0.1, -0.05) is 48.5 Å². The van der Waals surface area contributed by atoms with Gasteiger partial charge in [0.25, 0.3) is 0 Å². The number of hydrogen-bond acceptors (Lipinski definition) is 4. The van der Waals surface area contributed by atoms with Crippen LogP contribution >= 0.6 is 0 Å². The third-order valence-corrected chi connectivity index (χ3v) is 5.90. The van der Waals surface area contributed by atoms with Gasteiger partial charge in [-0.2, -0.15) is 10.2 Å². The van der Waals surface area contributed by atoms with Crippen molar-refractivity contribution in [3.8, 4) is 22.8 Å². The molecule has 6 aromatic rings. The third-order valence-electron chi connectivity index (χ3n) is 5.90. The van der Waals surface area contributed by atoms with Crippen LogP contribution in [0.5, 0.6) is 0 Å². The summed E-state index contributed by atoms with van der Waals surface area (Å²) in [4.78, 5) is 8.81.